The zero-order valence-electron chi connectivity index (χ0n) is 8.71. The Morgan fingerprint density at radius 1 is 1.35 bits per heavy atom. The van der Waals surface area contributed by atoms with E-state index in [2.05, 4.69) is 4.28 Å². The summed E-state index contributed by atoms with van der Waals surface area (Å²) in [7, 11) is -4.11. The Morgan fingerprint density at radius 2 is 1.94 bits per heavy atom. The van der Waals surface area contributed by atoms with E-state index in [4.69, 9.17) is 11.1 Å². The highest BCUT2D eigenvalue weighted by atomic mass is 32.2. The molecule has 0 radical (unpaired) electrons. The summed E-state index contributed by atoms with van der Waals surface area (Å²) in [5.41, 5.74) is 6.77. The molecule has 0 aliphatic carbocycles. The van der Waals surface area contributed by atoms with E-state index >= 15 is 0 Å². The lowest BCUT2D eigenvalue weighted by Gasteiger charge is -2.04. The quantitative estimate of drug-likeness (QED) is 0.286. The van der Waals surface area contributed by atoms with E-state index in [1.165, 1.54) is 12.1 Å². The number of hydrogen-bond donors (Lipinski definition) is 3. The zero-order chi connectivity index (χ0) is 12.9. The van der Waals surface area contributed by atoms with E-state index in [0.717, 1.165) is 0 Å². The maximum Gasteiger partial charge on any atom is 0.295 e. The third-order valence-electron chi connectivity index (χ3n) is 1.68. The van der Waals surface area contributed by atoms with Crippen molar-refractivity contribution in [2.75, 3.05) is 5.75 Å². The Bertz CT molecular complexity index is 512. The average molecular weight is 257 g/mol. The molecule has 7 nitrogen and oxygen atoms in total. The number of rotatable bonds is 5. The van der Waals surface area contributed by atoms with Crippen molar-refractivity contribution in [1.29, 1.82) is 5.41 Å². The highest BCUT2D eigenvalue weighted by molar-refractivity contribution is 7.87. The van der Waals surface area contributed by atoms with E-state index in [-0.39, 0.29) is 5.56 Å². The van der Waals surface area contributed by atoms with Gasteiger partial charge in [0.25, 0.3) is 10.1 Å². The molecule has 1 aromatic carbocycles. The second-order valence-corrected chi connectivity index (χ2v) is 4.66. The van der Waals surface area contributed by atoms with Gasteiger partial charge >= 0.3 is 0 Å². The Kier molecular flexibility index (Phi) is 4.18. The molecule has 8 heteroatoms. The maximum atomic E-state index is 11.5. The number of benzene rings is 1. The minimum Gasteiger partial charge on any atom is -0.368 e. The van der Waals surface area contributed by atoms with Gasteiger partial charge in [0.2, 0.25) is 5.96 Å². The van der Waals surface area contributed by atoms with Crippen molar-refractivity contribution in [2.45, 2.75) is 0 Å². The van der Waals surface area contributed by atoms with Gasteiger partial charge in [0, 0.05) is 5.56 Å². The van der Waals surface area contributed by atoms with Gasteiger partial charge in [-0.15, -0.1) is 4.28 Å². The summed E-state index contributed by atoms with van der Waals surface area (Å²) in [5, 5.41) is 6.71. The predicted octanol–water partition coefficient (Wildman–Crippen LogP) is -0.386. The normalized spacial score (nSPS) is 10.8. The first-order valence-electron chi connectivity index (χ1n) is 4.50. The summed E-state index contributed by atoms with van der Waals surface area (Å²) >= 11 is 0. The third kappa shape index (κ3) is 4.62. The van der Waals surface area contributed by atoms with Gasteiger partial charge in [-0.1, -0.05) is 30.3 Å². The van der Waals surface area contributed by atoms with Crippen molar-refractivity contribution in [1.82, 2.24) is 5.48 Å². The van der Waals surface area contributed by atoms with Crippen molar-refractivity contribution in [3.8, 4) is 0 Å². The van der Waals surface area contributed by atoms with Crippen molar-refractivity contribution in [3.63, 3.8) is 0 Å². The molecular formula is C9H11N3O4S. The lowest BCUT2D eigenvalue weighted by atomic mass is 10.2. The smallest absolute Gasteiger partial charge is 0.295 e. The molecule has 0 amide bonds. The van der Waals surface area contributed by atoms with Crippen LogP contribution in [0.3, 0.4) is 0 Å². The molecule has 0 saturated heterocycles. The largest absolute Gasteiger partial charge is 0.368 e. The second-order valence-electron chi connectivity index (χ2n) is 3.09. The van der Waals surface area contributed by atoms with Gasteiger partial charge in [-0.05, 0) is 0 Å². The molecule has 0 fully saturated rings. The van der Waals surface area contributed by atoms with Gasteiger partial charge in [0.15, 0.2) is 5.78 Å². The number of Topliss-reactive ketones (excluding diaryl/α,β-unsaturated/α-hetero) is 1. The van der Waals surface area contributed by atoms with Crippen molar-refractivity contribution < 1.29 is 17.5 Å². The molecule has 0 aliphatic heterocycles. The molecule has 0 unspecified atom stereocenters. The molecule has 1 aromatic rings. The van der Waals surface area contributed by atoms with Crippen LogP contribution in [0.15, 0.2) is 30.3 Å². The number of nitrogens with two attached hydrogens (primary N) is 1. The summed E-state index contributed by atoms with van der Waals surface area (Å²) in [6.45, 7) is 0. The fraction of sp³-hybridized carbons (Fsp3) is 0.111. The highest BCUT2D eigenvalue weighted by Crippen LogP contribution is 2.03. The molecule has 0 atom stereocenters. The molecule has 4 N–H and O–H groups in total. The Balaban J connectivity index is 2.66. The number of carbonyl (C=O) groups excluding carboxylic acids is 1. The minimum absolute atomic E-state index is 0.266. The molecule has 1 rings (SSSR count). The van der Waals surface area contributed by atoms with Crippen LogP contribution in [-0.2, 0) is 14.4 Å². The Morgan fingerprint density at radius 3 is 2.47 bits per heavy atom. The summed E-state index contributed by atoms with van der Waals surface area (Å²) in [6, 6.07) is 7.94. The molecule has 0 saturated carbocycles. The number of carbonyl (C=O) groups is 1. The van der Waals surface area contributed by atoms with Gasteiger partial charge < -0.3 is 5.73 Å². The number of nitrogens with one attached hydrogen (secondary N) is 2. The van der Waals surface area contributed by atoms with Crippen LogP contribution in [0.5, 0.6) is 0 Å². The Hall–Kier alpha value is -1.93. The molecule has 92 valence electrons. The van der Waals surface area contributed by atoms with Crippen LogP contribution >= 0.6 is 0 Å². The fourth-order valence-corrected chi connectivity index (χ4v) is 1.77. The highest BCUT2D eigenvalue weighted by Gasteiger charge is 2.19. The van der Waals surface area contributed by atoms with Crippen molar-refractivity contribution >= 4 is 21.9 Å². The monoisotopic (exact) mass is 257 g/mol. The van der Waals surface area contributed by atoms with Crippen molar-refractivity contribution in [3.05, 3.63) is 35.9 Å². The Labute approximate surface area is 98.2 Å². The SMILES string of the molecule is N=C(N)NOS(=O)(=O)CC(=O)c1ccccc1. The first-order chi connectivity index (χ1) is 7.91. The maximum absolute atomic E-state index is 11.5. The van der Waals surface area contributed by atoms with Gasteiger partial charge in [0.05, 0.1) is 0 Å². The van der Waals surface area contributed by atoms with Gasteiger partial charge in [-0.25, -0.2) is 5.48 Å². The molecule has 0 aromatic heterocycles. The summed E-state index contributed by atoms with van der Waals surface area (Å²) in [5.74, 6) is -2.09. The number of ketones is 1. The molecule has 0 aliphatic rings. The molecular weight excluding hydrogens is 246 g/mol. The number of hydroxylamine groups is 1. The minimum atomic E-state index is -4.11. The summed E-state index contributed by atoms with van der Waals surface area (Å²) in [4.78, 5) is 11.5. The molecule has 0 bridgehead atoms. The zero-order valence-corrected chi connectivity index (χ0v) is 9.53. The molecule has 17 heavy (non-hydrogen) atoms. The van der Waals surface area contributed by atoms with Crippen LogP contribution in [0.25, 0.3) is 0 Å². The van der Waals surface area contributed by atoms with Crippen LogP contribution in [0.4, 0.5) is 0 Å². The number of hydrogen-bond acceptors (Lipinski definition) is 5. The lowest BCUT2D eigenvalue weighted by molar-refractivity contribution is 0.101. The van der Waals surface area contributed by atoms with Crippen LogP contribution in [0.2, 0.25) is 0 Å². The van der Waals surface area contributed by atoms with Gasteiger partial charge in [0.1, 0.15) is 5.75 Å². The van der Waals surface area contributed by atoms with Gasteiger partial charge in [-0.2, -0.15) is 8.42 Å². The van der Waals surface area contributed by atoms with Gasteiger partial charge in [-0.3, -0.25) is 10.2 Å². The van der Waals surface area contributed by atoms with E-state index in [0.29, 0.717) is 0 Å². The van der Waals surface area contributed by atoms with Crippen LogP contribution in [0, 0.1) is 5.41 Å². The van der Waals surface area contributed by atoms with E-state index < -0.39 is 27.6 Å². The molecule has 0 heterocycles. The summed E-state index contributed by atoms with van der Waals surface area (Å²) < 4.78 is 26.7. The van der Waals surface area contributed by atoms with Crippen LogP contribution in [-0.4, -0.2) is 25.9 Å². The van der Waals surface area contributed by atoms with Crippen LogP contribution < -0.4 is 11.2 Å². The predicted molar refractivity (Wildman–Crippen MR) is 60.7 cm³/mol. The standard InChI is InChI=1S/C9H11N3O4S/c10-9(11)12-16-17(14,15)6-8(13)7-4-2-1-3-5-7/h1-5H,6H2,(H4,10,11,12). The van der Waals surface area contributed by atoms with E-state index in [1.54, 1.807) is 23.7 Å². The first kappa shape index (κ1) is 13.1. The topological polar surface area (TPSA) is 122 Å². The second kappa shape index (κ2) is 5.41. The van der Waals surface area contributed by atoms with E-state index in [9.17, 15) is 13.2 Å². The molecule has 0 spiro atoms. The van der Waals surface area contributed by atoms with Crippen LogP contribution in [0.1, 0.15) is 10.4 Å². The fourth-order valence-electron chi connectivity index (χ4n) is 1.01. The number of guanidine groups is 1. The third-order valence-corrected chi connectivity index (χ3v) is 2.64. The average Bonchev–Trinajstić information content (AvgIpc) is 2.27. The lowest BCUT2D eigenvalue weighted by Crippen LogP contribution is -2.34. The first-order valence-corrected chi connectivity index (χ1v) is 6.08. The van der Waals surface area contributed by atoms with Crippen molar-refractivity contribution in [2.24, 2.45) is 5.73 Å². The van der Waals surface area contributed by atoms with E-state index in [1.807, 2.05) is 0 Å². The summed E-state index contributed by atoms with van der Waals surface area (Å²) in [6.07, 6.45) is 0.